The maximum absolute atomic E-state index is 10.4. The van der Waals surface area contributed by atoms with Crippen LogP contribution in [0.1, 0.15) is 13.3 Å². The fourth-order valence-electron chi connectivity index (χ4n) is 0.541. The second kappa shape index (κ2) is 4.59. The summed E-state index contributed by atoms with van der Waals surface area (Å²) >= 11 is 0. The second-order valence-electron chi connectivity index (χ2n) is 2.86. The maximum Gasteiger partial charge on any atom is 0.330 e. The van der Waals surface area contributed by atoms with Gasteiger partial charge in [0.2, 0.25) is 0 Å². The number of carboxylic acids is 1. The molecule has 3 nitrogen and oxygen atoms in total. The zero-order chi connectivity index (χ0) is 9.72. The summed E-state index contributed by atoms with van der Waals surface area (Å²) in [6, 6.07) is 0. The minimum Gasteiger partial charge on any atom is -0.478 e. The number of rotatable bonds is 4. The lowest BCUT2D eigenvalue weighted by Crippen LogP contribution is -2.09. The summed E-state index contributed by atoms with van der Waals surface area (Å²) in [6.45, 7) is 5.35. The van der Waals surface area contributed by atoms with E-state index in [0.29, 0.717) is 12.0 Å². The Kier molecular flexibility index (Phi) is 4.11. The number of nitrogens with zero attached hydrogens (tertiary/aromatic N) is 1. The topological polar surface area (TPSA) is 40.5 Å². The predicted octanol–water partition coefficient (Wildman–Crippen LogP) is 1.48. The standard InChI is InChI=1S/C9H15NO2/c1-7(9(11)12)5-6-8(2)10(3)4/h5H,2,6H2,1,3-4H3,(H,11,12). The van der Waals surface area contributed by atoms with Crippen molar-refractivity contribution in [1.29, 1.82) is 0 Å². The van der Waals surface area contributed by atoms with Crippen molar-refractivity contribution in [3.63, 3.8) is 0 Å². The van der Waals surface area contributed by atoms with Crippen LogP contribution in [0.25, 0.3) is 0 Å². The fourth-order valence-corrected chi connectivity index (χ4v) is 0.541. The first-order chi connectivity index (χ1) is 5.45. The molecule has 3 heteroatoms. The number of hydrogen-bond acceptors (Lipinski definition) is 2. The quantitative estimate of drug-likeness (QED) is 0.648. The minimum absolute atomic E-state index is 0.359. The van der Waals surface area contributed by atoms with Crippen LogP contribution in [0.5, 0.6) is 0 Å². The van der Waals surface area contributed by atoms with Gasteiger partial charge in [-0.1, -0.05) is 12.7 Å². The molecule has 0 unspecified atom stereocenters. The Morgan fingerprint density at radius 2 is 2.08 bits per heavy atom. The molecule has 1 N–H and O–H groups in total. The highest BCUT2D eigenvalue weighted by Crippen LogP contribution is 2.04. The van der Waals surface area contributed by atoms with E-state index in [1.54, 1.807) is 13.0 Å². The van der Waals surface area contributed by atoms with Crippen molar-refractivity contribution in [3.05, 3.63) is 23.9 Å². The van der Waals surface area contributed by atoms with Gasteiger partial charge in [-0.2, -0.15) is 0 Å². The van der Waals surface area contributed by atoms with Crippen LogP contribution in [0.3, 0.4) is 0 Å². The Bertz CT molecular complexity index is 217. The van der Waals surface area contributed by atoms with Crippen molar-refractivity contribution in [2.24, 2.45) is 0 Å². The van der Waals surface area contributed by atoms with Crippen molar-refractivity contribution < 1.29 is 9.90 Å². The first-order valence-corrected chi connectivity index (χ1v) is 3.70. The van der Waals surface area contributed by atoms with Gasteiger partial charge in [-0.25, -0.2) is 4.79 Å². The SMILES string of the molecule is C=C(CC=C(C)C(=O)O)N(C)C. The largest absolute Gasteiger partial charge is 0.478 e. The van der Waals surface area contributed by atoms with Gasteiger partial charge in [0, 0.05) is 31.8 Å². The van der Waals surface area contributed by atoms with E-state index in [2.05, 4.69) is 6.58 Å². The average Bonchev–Trinajstić information content (AvgIpc) is 1.98. The average molecular weight is 169 g/mol. The Hall–Kier alpha value is -1.25. The lowest BCUT2D eigenvalue weighted by molar-refractivity contribution is -0.132. The summed E-state index contributed by atoms with van der Waals surface area (Å²) < 4.78 is 0. The molecule has 0 aromatic carbocycles. The molecular weight excluding hydrogens is 154 g/mol. The first-order valence-electron chi connectivity index (χ1n) is 3.70. The number of hydrogen-bond donors (Lipinski definition) is 1. The molecule has 0 fully saturated rings. The van der Waals surface area contributed by atoms with Crippen LogP contribution in [-0.2, 0) is 4.79 Å². The molecule has 0 aliphatic rings. The predicted molar refractivity (Wildman–Crippen MR) is 48.8 cm³/mol. The van der Waals surface area contributed by atoms with E-state index in [1.165, 1.54) is 0 Å². The monoisotopic (exact) mass is 169 g/mol. The molecule has 0 amide bonds. The Labute approximate surface area is 73.0 Å². The van der Waals surface area contributed by atoms with Gasteiger partial charge in [0.15, 0.2) is 0 Å². The van der Waals surface area contributed by atoms with Crippen LogP contribution in [0.15, 0.2) is 23.9 Å². The third kappa shape index (κ3) is 3.81. The summed E-state index contributed by atoms with van der Waals surface area (Å²) in [4.78, 5) is 12.2. The van der Waals surface area contributed by atoms with Gasteiger partial charge in [-0.3, -0.25) is 0 Å². The molecule has 0 radical (unpaired) electrons. The molecule has 0 saturated carbocycles. The van der Waals surface area contributed by atoms with Crippen LogP contribution in [0.2, 0.25) is 0 Å². The zero-order valence-corrected chi connectivity index (χ0v) is 7.79. The van der Waals surface area contributed by atoms with E-state index in [-0.39, 0.29) is 0 Å². The van der Waals surface area contributed by atoms with Crippen LogP contribution >= 0.6 is 0 Å². The van der Waals surface area contributed by atoms with Gasteiger partial charge in [0.05, 0.1) is 0 Å². The third-order valence-corrected chi connectivity index (χ3v) is 1.61. The summed E-state index contributed by atoms with van der Waals surface area (Å²) in [5.74, 6) is -0.874. The normalized spacial score (nSPS) is 11.1. The number of carbonyl (C=O) groups is 1. The van der Waals surface area contributed by atoms with Crippen molar-refractivity contribution >= 4 is 5.97 Å². The number of aliphatic carboxylic acids is 1. The molecule has 0 aliphatic carbocycles. The van der Waals surface area contributed by atoms with Crippen molar-refractivity contribution in [2.75, 3.05) is 14.1 Å². The highest BCUT2D eigenvalue weighted by atomic mass is 16.4. The van der Waals surface area contributed by atoms with Crippen molar-refractivity contribution in [2.45, 2.75) is 13.3 Å². The van der Waals surface area contributed by atoms with Gasteiger partial charge in [0.1, 0.15) is 0 Å². The van der Waals surface area contributed by atoms with Gasteiger partial charge in [-0.15, -0.1) is 0 Å². The molecular formula is C9H15NO2. The number of allylic oxidation sites excluding steroid dienone is 1. The Morgan fingerprint density at radius 1 is 1.58 bits per heavy atom. The summed E-state index contributed by atoms with van der Waals surface area (Å²) in [5.41, 5.74) is 1.26. The molecule has 0 saturated heterocycles. The van der Waals surface area contributed by atoms with E-state index < -0.39 is 5.97 Å². The number of carboxylic acid groups (broad SMARTS) is 1. The Balaban J connectivity index is 4.05. The van der Waals surface area contributed by atoms with E-state index in [9.17, 15) is 4.79 Å². The van der Waals surface area contributed by atoms with E-state index in [0.717, 1.165) is 5.70 Å². The minimum atomic E-state index is -0.874. The van der Waals surface area contributed by atoms with Crippen molar-refractivity contribution in [3.8, 4) is 0 Å². The summed E-state index contributed by atoms with van der Waals surface area (Å²) in [5, 5.41) is 8.52. The molecule has 0 heterocycles. The summed E-state index contributed by atoms with van der Waals surface area (Å²) in [6.07, 6.45) is 2.25. The second-order valence-corrected chi connectivity index (χ2v) is 2.86. The molecule has 0 rings (SSSR count). The van der Waals surface area contributed by atoms with Gasteiger partial charge >= 0.3 is 5.97 Å². The molecule has 0 aromatic rings. The lowest BCUT2D eigenvalue weighted by atomic mass is 10.2. The van der Waals surface area contributed by atoms with Crippen LogP contribution in [-0.4, -0.2) is 30.1 Å². The molecule has 0 spiro atoms. The van der Waals surface area contributed by atoms with E-state index >= 15 is 0 Å². The molecule has 0 bridgehead atoms. The van der Waals surface area contributed by atoms with E-state index in [1.807, 2.05) is 19.0 Å². The van der Waals surface area contributed by atoms with Gasteiger partial charge < -0.3 is 10.0 Å². The molecule has 0 aromatic heterocycles. The molecule has 12 heavy (non-hydrogen) atoms. The lowest BCUT2D eigenvalue weighted by Gasteiger charge is -2.13. The Morgan fingerprint density at radius 3 is 2.42 bits per heavy atom. The van der Waals surface area contributed by atoms with Crippen LogP contribution in [0.4, 0.5) is 0 Å². The van der Waals surface area contributed by atoms with Gasteiger partial charge in [-0.05, 0) is 6.92 Å². The highest BCUT2D eigenvalue weighted by Gasteiger charge is 1.99. The van der Waals surface area contributed by atoms with Crippen LogP contribution in [0, 0.1) is 0 Å². The smallest absolute Gasteiger partial charge is 0.330 e. The zero-order valence-electron chi connectivity index (χ0n) is 7.79. The van der Waals surface area contributed by atoms with E-state index in [4.69, 9.17) is 5.11 Å². The molecule has 68 valence electrons. The first kappa shape index (κ1) is 10.8. The van der Waals surface area contributed by atoms with Gasteiger partial charge in [0.25, 0.3) is 0 Å². The highest BCUT2D eigenvalue weighted by molar-refractivity contribution is 5.85. The fraction of sp³-hybridized carbons (Fsp3) is 0.444. The van der Waals surface area contributed by atoms with Crippen molar-refractivity contribution in [1.82, 2.24) is 4.90 Å². The third-order valence-electron chi connectivity index (χ3n) is 1.61. The molecule has 0 atom stereocenters. The summed E-state index contributed by atoms with van der Waals surface area (Å²) in [7, 11) is 3.76. The van der Waals surface area contributed by atoms with Crippen LogP contribution < -0.4 is 0 Å². The maximum atomic E-state index is 10.4. The molecule has 0 aliphatic heterocycles.